The molecule has 0 aliphatic rings. The summed E-state index contributed by atoms with van der Waals surface area (Å²) in [6.07, 6.45) is 2.71. The Kier molecular flexibility index (Phi) is 8.88. The first-order chi connectivity index (χ1) is 13.9. The van der Waals surface area contributed by atoms with E-state index in [4.69, 9.17) is 9.47 Å². The van der Waals surface area contributed by atoms with Crippen LogP contribution in [-0.4, -0.2) is 31.7 Å². The predicted octanol–water partition coefficient (Wildman–Crippen LogP) is 4.26. The van der Waals surface area contributed by atoms with Crippen molar-refractivity contribution in [2.75, 3.05) is 19.0 Å². The van der Waals surface area contributed by atoms with Gasteiger partial charge in [0, 0.05) is 4.47 Å². The molecule has 0 aromatic heterocycles. The van der Waals surface area contributed by atoms with Crippen LogP contribution in [0.25, 0.3) is 0 Å². The Hall–Kier alpha value is -2.65. The summed E-state index contributed by atoms with van der Waals surface area (Å²) >= 11 is 6.74. The number of hydrazone groups is 1. The van der Waals surface area contributed by atoms with Gasteiger partial charge in [0.1, 0.15) is 13.0 Å². The molecule has 0 saturated heterocycles. The number of nitrogens with one attached hydrogen (secondary N) is 2. The lowest BCUT2D eigenvalue weighted by atomic mass is 10.2. The Bertz CT molecular complexity index is 932. The van der Waals surface area contributed by atoms with Crippen molar-refractivity contribution in [3.05, 3.63) is 63.6 Å². The molecular weight excluding hydrogens is 506 g/mol. The highest BCUT2D eigenvalue weighted by Crippen LogP contribution is 2.36. The van der Waals surface area contributed by atoms with Crippen molar-refractivity contribution < 1.29 is 19.1 Å². The van der Waals surface area contributed by atoms with Crippen LogP contribution in [0.1, 0.15) is 12.0 Å². The molecule has 0 spiro atoms. The average molecular weight is 525 g/mol. The summed E-state index contributed by atoms with van der Waals surface area (Å²) in [5, 5.41) is 6.53. The van der Waals surface area contributed by atoms with Gasteiger partial charge in [0.15, 0.2) is 11.5 Å². The van der Waals surface area contributed by atoms with Gasteiger partial charge < -0.3 is 14.8 Å². The molecule has 2 aromatic carbocycles. The minimum Gasteiger partial charge on any atom is -0.493 e. The lowest BCUT2D eigenvalue weighted by Gasteiger charge is -2.12. The third-order valence-corrected chi connectivity index (χ3v) is 4.75. The SMILES string of the molecule is C=CCOc1c(Br)cc(C=NNC(=O)CC(=O)Nc2ccccc2Br)cc1OC. The molecule has 0 saturated carbocycles. The van der Waals surface area contributed by atoms with Crippen LogP contribution in [0.2, 0.25) is 0 Å². The summed E-state index contributed by atoms with van der Waals surface area (Å²) in [6, 6.07) is 10.6. The molecule has 2 N–H and O–H groups in total. The van der Waals surface area contributed by atoms with Crippen LogP contribution >= 0.6 is 31.9 Å². The molecule has 0 fully saturated rings. The van der Waals surface area contributed by atoms with Gasteiger partial charge in [0.05, 0.1) is 23.5 Å². The van der Waals surface area contributed by atoms with E-state index in [9.17, 15) is 9.59 Å². The molecule has 29 heavy (non-hydrogen) atoms. The number of carbonyl (C=O) groups excluding carboxylic acids is 2. The maximum Gasteiger partial charge on any atom is 0.249 e. The van der Waals surface area contributed by atoms with Gasteiger partial charge >= 0.3 is 0 Å². The quantitative estimate of drug-likeness (QED) is 0.222. The van der Waals surface area contributed by atoms with Gasteiger partial charge in [-0.3, -0.25) is 9.59 Å². The van der Waals surface area contributed by atoms with Gasteiger partial charge in [-0.2, -0.15) is 5.10 Å². The molecule has 2 aromatic rings. The zero-order valence-corrected chi connectivity index (χ0v) is 18.7. The van der Waals surface area contributed by atoms with Crippen LogP contribution in [0.3, 0.4) is 0 Å². The number of halogens is 2. The van der Waals surface area contributed by atoms with Crippen molar-refractivity contribution in [3.8, 4) is 11.5 Å². The van der Waals surface area contributed by atoms with Crippen molar-refractivity contribution in [2.45, 2.75) is 6.42 Å². The minimum atomic E-state index is -0.539. The number of hydrogen-bond donors (Lipinski definition) is 2. The van der Waals surface area contributed by atoms with E-state index in [1.807, 2.05) is 6.07 Å². The fourth-order valence-electron chi connectivity index (χ4n) is 2.22. The van der Waals surface area contributed by atoms with Crippen LogP contribution in [0.15, 0.2) is 63.1 Å². The van der Waals surface area contributed by atoms with E-state index in [0.717, 1.165) is 4.47 Å². The number of para-hydroxylation sites is 1. The van der Waals surface area contributed by atoms with E-state index >= 15 is 0 Å². The third kappa shape index (κ3) is 7.03. The van der Waals surface area contributed by atoms with Crippen LogP contribution in [0.4, 0.5) is 5.69 Å². The molecule has 0 unspecified atom stereocenters. The summed E-state index contributed by atoms with van der Waals surface area (Å²) in [5.41, 5.74) is 3.58. The molecule has 0 aliphatic heterocycles. The number of carbonyl (C=O) groups is 2. The zero-order valence-electron chi connectivity index (χ0n) is 15.6. The Balaban J connectivity index is 1.94. The van der Waals surface area contributed by atoms with E-state index in [0.29, 0.717) is 33.8 Å². The van der Waals surface area contributed by atoms with Crippen molar-refractivity contribution in [1.29, 1.82) is 0 Å². The summed E-state index contributed by atoms with van der Waals surface area (Å²) in [4.78, 5) is 23.9. The van der Waals surface area contributed by atoms with E-state index < -0.39 is 11.8 Å². The van der Waals surface area contributed by atoms with Gasteiger partial charge in [0.2, 0.25) is 11.8 Å². The molecule has 0 radical (unpaired) electrons. The Morgan fingerprint density at radius 3 is 2.62 bits per heavy atom. The van der Waals surface area contributed by atoms with Gasteiger partial charge in [-0.05, 0) is 61.7 Å². The first-order valence-electron chi connectivity index (χ1n) is 8.42. The molecule has 0 aliphatic carbocycles. The predicted molar refractivity (Wildman–Crippen MR) is 120 cm³/mol. The number of hydrogen-bond acceptors (Lipinski definition) is 5. The molecular formula is C20H19Br2N3O4. The number of rotatable bonds is 9. The van der Waals surface area contributed by atoms with E-state index in [2.05, 4.69) is 54.3 Å². The zero-order chi connectivity index (χ0) is 21.2. The topological polar surface area (TPSA) is 89.0 Å². The minimum absolute atomic E-state index is 0.333. The Morgan fingerprint density at radius 2 is 1.93 bits per heavy atom. The number of nitrogens with zero attached hydrogens (tertiary/aromatic N) is 1. The van der Waals surface area contributed by atoms with Crippen LogP contribution < -0.4 is 20.2 Å². The largest absolute Gasteiger partial charge is 0.493 e. The molecule has 7 nitrogen and oxygen atoms in total. The molecule has 2 rings (SSSR count). The Morgan fingerprint density at radius 1 is 1.17 bits per heavy atom. The first-order valence-corrected chi connectivity index (χ1v) is 10.0. The maximum atomic E-state index is 12.0. The van der Waals surface area contributed by atoms with Gasteiger partial charge in [-0.25, -0.2) is 5.43 Å². The third-order valence-electron chi connectivity index (χ3n) is 3.47. The Labute approximate surface area is 185 Å². The van der Waals surface area contributed by atoms with Crippen molar-refractivity contribution in [3.63, 3.8) is 0 Å². The fourth-order valence-corrected chi connectivity index (χ4v) is 3.18. The number of ether oxygens (including phenoxy) is 2. The highest BCUT2D eigenvalue weighted by Gasteiger charge is 2.12. The average Bonchev–Trinajstić information content (AvgIpc) is 2.68. The van der Waals surface area contributed by atoms with Crippen LogP contribution in [-0.2, 0) is 9.59 Å². The second-order valence-electron chi connectivity index (χ2n) is 5.63. The van der Waals surface area contributed by atoms with Gasteiger partial charge in [0.25, 0.3) is 0 Å². The fraction of sp³-hybridized carbons (Fsp3) is 0.150. The van der Waals surface area contributed by atoms with Crippen LogP contribution in [0, 0.1) is 0 Å². The van der Waals surface area contributed by atoms with Crippen molar-refractivity contribution in [2.24, 2.45) is 5.10 Å². The molecule has 9 heteroatoms. The highest BCUT2D eigenvalue weighted by molar-refractivity contribution is 9.11. The summed E-state index contributed by atoms with van der Waals surface area (Å²) < 4.78 is 12.3. The second kappa shape index (κ2) is 11.4. The maximum absolute atomic E-state index is 12.0. The lowest BCUT2D eigenvalue weighted by molar-refractivity contribution is -0.126. The molecule has 0 atom stereocenters. The van der Waals surface area contributed by atoms with Gasteiger partial charge in [-0.15, -0.1) is 0 Å². The van der Waals surface area contributed by atoms with E-state index in [-0.39, 0.29) is 6.42 Å². The molecule has 0 heterocycles. The highest BCUT2D eigenvalue weighted by atomic mass is 79.9. The first kappa shape index (κ1) is 22.6. The molecule has 152 valence electrons. The van der Waals surface area contributed by atoms with Crippen LogP contribution in [0.5, 0.6) is 11.5 Å². The number of amides is 2. The van der Waals surface area contributed by atoms with Gasteiger partial charge in [-0.1, -0.05) is 24.8 Å². The number of benzene rings is 2. The van der Waals surface area contributed by atoms with E-state index in [1.54, 1.807) is 36.4 Å². The molecule has 2 amide bonds. The number of methoxy groups -OCH3 is 1. The lowest BCUT2D eigenvalue weighted by Crippen LogP contribution is -2.24. The summed E-state index contributed by atoms with van der Waals surface area (Å²) in [5.74, 6) is 0.0552. The summed E-state index contributed by atoms with van der Waals surface area (Å²) in [7, 11) is 1.52. The van der Waals surface area contributed by atoms with Crippen molar-refractivity contribution in [1.82, 2.24) is 5.43 Å². The standard InChI is InChI=1S/C20H19Br2N3O4/c1-3-8-29-20-15(22)9-13(10-17(20)28-2)12-23-25-19(27)11-18(26)24-16-7-5-4-6-14(16)21/h3-7,9-10,12H,1,8,11H2,2H3,(H,24,26)(H,25,27). The normalized spacial score (nSPS) is 10.4. The summed E-state index contributed by atoms with van der Waals surface area (Å²) in [6.45, 7) is 3.94. The van der Waals surface area contributed by atoms with E-state index in [1.165, 1.54) is 13.3 Å². The second-order valence-corrected chi connectivity index (χ2v) is 7.34. The molecule has 0 bridgehead atoms. The smallest absolute Gasteiger partial charge is 0.249 e. The monoisotopic (exact) mass is 523 g/mol. The van der Waals surface area contributed by atoms with Crippen molar-refractivity contribution >= 4 is 55.6 Å². The number of anilines is 1.